The molecule has 2 atom stereocenters. The van der Waals surface area contributed by atoms with Gasteiger partial charge in [-0.15, -0.1) is 0 Å². The van der Waals surface area contributed by atoms with E-state index in [0.717, 1.165) is 25.1 Å². The predicted octanol–water partition coefficient (Wildman–Crippen LogP) is 3.31. The Morgan fingerprint density at radius 1 is 1.20 bits per heavy atom. The molecule has 3 nitrogen and oxygen atoms in total. The van der Waals surface area contributed by atoms with Gasteiger partial charge < -0.3 is 14.8 Å². The molecule has 1 aromatic rings. The Labute approximate surface area is 121 Å². The van der Waals surface area contributed by atoms with E-state index in [1.807, 2.05) is 13.8 Å². The first-order valence-electron chi connectivity index (χ1n) is 7.36. The minimum atomic E-state index is -0.226. The van der Waals surface area contributed by atoms with Gasteiger partial charge in [-0.2, -0.15) is 0 Å². The summed E-state index contributed by atoms with van der Waals surface area (Å²) in [7, 11) is 0. The summed E-state index contributed by atoms with van der Waals surface area (Å²) in [6.45, 7) is 9.00. The van der Waals surface area contributed by atoms with Gasteiger partial charge in [0.1, 0.15) is 5.82 Å². The standard InChI is InChI=1S/C16H26FNO2/c1-4-10-18-11-16(20-13(3)12-19-5-2)14-6-8-15(17)9-7-14/h6-9,13,16,18H,4-5,10-12H2,1-3H3. The zero-order valence-electron chi connectivity index (χ0n) is 12.7. The molecule has 0 saturated heterocycles. The van der Waals surface area contributed by atoms with Gasteiger partial charge in [0.25, 0.3) is 0 Å². The van der Waals surface area contributed by atoms with Gasteiger partial charge in [-0.05, 0) is 44.5 Å². The summed E-state index contributed by atoms with van der Waals surface area (Å²) in [4.78, 5) is 0. The van der Waals surface area contributed by atoms with Crippen molar-refractivity contribution in [1.29, 1.82) is 0 Å². The molecule has 20 heavy (non-hydrogen) atoms. The Morgan fingerprint density at radius 2 is 1.90 bits per heavy atom. The maximum Gasteiger partial charge on any atom is 0.123 e. The molecule has 0 bridgehead atoms. The lowest BCUT2D eigenvalue weighted by Gasteiger charge is -2.23. The highest BCUT2D eigenvalue weighted by atomic mass is 19.1. The fourth-order valence-electron chi connectivity index (χ4n) is 1.94. The van der Waals surface area contributed by atoms with Crippen LogP contribution in [0.2, 0.25) is 0 Å². The summed E-state index contributed by atoms with van der Waals surface area (Å²) in [6.07, 6.45) is 0.996. The SMILES string of the molecule is CCCNCC(OC(C)COCC)c1ccc(F)cc1. The van der Waals surface area contributed by atoms with E-state index in [1.54, 1.807) is 12.1 Å². The van der Waals surface area contributed by atoms with E-state index < -0.39 is 0 Å². The van der Waals surface area contributed by atoms with E-state index in [1.165, 1.54) is 12.1 Å². The van der Waals surface area contributed by atoms with E-state index in [-0.39, 0.29) is 18.0 Å². The first kappa shape index (κ1) is 17.1. The number of hydrogen-bond acceptors (Lipinski definition) is 3. The van der Waals surface area contributed by atoms with Crippen LogP contribution in [0.1, 0.15) is 38.9 Å². The highest BCUT2D eigenvalue weighted by molar-refractivity contribution is 5.19. The number of nitrogens with one attached hydrogen (secondary N) is 1. The molecule has 114 valence electrons. The maximum absolute atomic E-state index is 13.0. The molecule has 0 spiro atoms. The summed E-state index contributed by atoms with van der Waals surface area (Å²) in [5, 5.41) is 3.35. The molecular weight excluding hydrogens is 257 g/mol. The second-order valence-electron chi connectivity index (χ2n) is 4.85. The highest BCUT2D eigenvalue weighted by Crippen LogP contribution is 2.19. The Kier molecular flexibility index (Phi) is 8.42. The summed E-state index contributed by atoms with van der Waals surface area (Å²) >= 11 is 0. The Bertz CT molecular complexity index is 356. The molecule has 0 aliphatic rings. The minimum Gasteiger partial charge on any atom is -0.379 e. The van der Waals surface area contributed by atoms with Gasteiger partial charge in [0.05, 0.1) is 18.8 Å². The smallest absolute Gasteiger partial charge is 0.123 e. The van der Waals surface area contributed by atoms with E-state index >= 15 is 0 Å². The molecular formula is C16H26FNO2. The zero-order chi connectivity index (χ0) is 14.8. The number of hydrogen-bond donors (Lipinski definition) is 1. The molecule has 0 aromatic heterocycles. The lowest BCUT2D eigenvalue weighted by molar-refractivity contribution is -0.0469. The topological polar surface area (TPSA) is 30.5 Å². The molecule has 4 heteroatoms. The van der Waals surface area contributed by atoms with Crippen molar-refractivity contribution in [2.24, 2.45) is 0 Å². The van der Waals surface area contributed by atoms with Crippen LogP contribution in [0.3, 0.4) is 0 Å². The van der Waals surface area contributed by atoms with Crippen molar-refractivity contribution in [2.45, 2.75) is 39.4 Å². The van der Waals surface area contributed by atoms with Crippen molar-refractivity contribution in [3.05, 3.63) is 35.6 Å². The van der Waals surface area contributed by atoms with Crippen molar-refractivity contribution in [3.63, 3.8) is 0 Å². The largest absolute Gasteiger partial charge is 0.379 e. The Morgan fingerprint density at radius 3 is 2.50 bits per heavy atom. The van der Waals surface area contributed by atoms with Crippen molar-refractivity contribution in [2.75, 3.05) is 26.3 Å². The first-order valence-corrected chi connectivity index (χ1v) is 7.36. The molecule has 0 fully saturated rings. The molecule has 1 N–H and O–H groups in total. The van der Waals surface area contributed by atoms with Crippen molar-refractivity contribution in [1.82, 2.24) is 5.32 Å². The van der Waals surface area contributed by atoms with Gasteiger partial charge in [-0.1, -0.05) is 19.1 Å². The van der Waals surface area contributed by atoms with Gasteiger partial charge in [0, 0.05) is 13.2 Å². The minimum absolute atomic E-state index is 0.00781. The number of ether oxygens (including phenoxy) is 2. The molecule has 0 aliphatic heterocycles. The van der Waals surface area contributed by atoms with Crippen molar-refractivity contribution >= 4 is 0 Å². The number of benzene rings is 1. The highest BCUT2D eigenvalue weighted by Gasteiger charge is 2.15. The van der Waals surface area contributed by atoms with Crippen LogP contribution >= 0.6 is 0 Å². The van der Waals surface area contributed by atoms with Gasteiger partial charge in [0.15, 0.2) is 0 Å². The Hall–Kier alpha value is -0.970. The van der Waals surface area contributed by atoms with Gasteiger partial charge in [-0.25, -0.2) is 4.39 Å². The average molecular weight is 283 g/mol. The third-order valence-electron chi connectivity index (χ3n) is 2.95. The molecule has 2 unspecified atom stereocenters. The van der Waals surface area contributed by atoms with Crippen LogP contribution in [0.15, 0.2) is 24.3 Å². The van der Waals surface area contributed by atoms with Gasteiger partial charge in [-0.3, -0.25) is 0 Å². The van der Waals surface area contributed by atoms with Crippen LogP contribution in [0, 0.1) is 5.82 Å². The molecule has 0 radical (unpaired) electrons. The maximum atomic E-state index is 13.0. The van der Waals surface area contributed by atoms with Gasteiger partial charge in [0.2, 0.25) is 0 Å². The second kappa shape index (κ2) is 9.86. The molecule has 1 rings (SSSR count). The fourth-order valence-corrected chi connectivity index (χ4v) is 1.94. The van der Waals surface area contributed by atoms with E-state index in [4.69, 9.17) is 9.47 Å². The molecule has 0 aliphatic carbocycles. The summed E-state index contributed by atoms with van der Waals surface area (Å²) in [6, 6.07) is 6.50. The number of rotatable bonds is 10. The third-order valence-corrected chi connectivity index (χ3v) is 2.95. The first-order chi connectivity index (χ1) is 9.67. The van der Waals surface area contributed by atoms with Gasteiger partial charge >= 0.3 is 0 Å². The predicted molar refractivity (Wildman–Crippen MR) is 79.3 cm³/mol. The fraction of sp³-hybridized carbons (Fsp3) is 0.625. The van der Waals surface area contributed by atoms with E-state index in [2.05, 4.69) is 12.2 Å². The lowest BCUT2D eigenvalue weighted by Crippen LogP contribution is -2.28. The van der Waals surface area contributed by atoms with E-state index in [9.17, 15) is 4.39 Å². The molecule has 0 heterocycles. The van der Waals surface area contributed by atoms with Crippen molar-refractivity contribution in [3.8, 4) is 0 Å². The van der Waals surface area contributed by atoms with E-state index in [0.29, 0.717) is 13.2 Å². The molecule has 1 aromatic carbocycles. The Balaban J connectivity index is 2.61. The quantitative estimate of drug-likeness (QED) is 0.668. The summed E-state index contributed by atoms with van der Waals surface area (Å²) in [5.41, 5.74) is 0.985. The molecule has 0 amide bonds. The second-order valence-corrected chi connectivity index (χ2v) is 4.85. The number of halogens is 1. The monoisotopic (exact) mass is 283 g/mol. The van der Waals surface area contributed by atoms with Crippen LogP contribution in [0.4, 0.5) is 4.39 Å². The van der Waals surface area contributed by atoms with Crippen LogP contribution in [0.25, 0.3) is 0 Å². The van der Waals surface area contributed by atoms with Crippen LogP contribution < -0.4 is 5.32 Å². The normalized spacial score (nSPS) is 14.2. The van der Waals surface area contributed by atoms with Crippen LogP contribution in [0.5, 0.6) is 0 Å². The summed E-state index contributed by atoms with van der Waals surface area (Å²) < 4.78 is 24.4. The lowest BCUT2D eigenvalue weighted by atomic mass is 10.1. The molecule has 0 saturated carbocycles. The summed E-state index contributed by atoms with van der Waals surface area (Å²) in [5.74, 6) is -0.226. The van der Waals surface area contributed by atoms with Crippen LogP contribution in [-0.2, 0) is 9.47 Å². The van der Waals surface area contributed by atoms with Crippen molar-refractivity contribution < 1.29 is 13.9 Å². The third kappa shape index (κ3) is 6.46. The van der Waals surface area contributed by atoms with Crippen LogP contribution in [-0.4, -0.2) is 32.4 Å². The average Bonchev–Trinajstić information content (AvgIpc) is 2.45. The zero-order valence-corrected chi connectivity index (χ0v) is 12.7.